The molecule has 1 aromatic rings. The smallest absolute Gasteiger partial charge is 0.224 e. The molecule has 0 atom stereocenters. The lowest BCUT2D eigenvalue weighted by Crippen LogP contribution is -2.13. The standard InChI is InChI=1S/C27H45NO/c1-5-6-7-8-9-10-11-12-13-14-15-16-17-18-19-20-26(29)28-27-24(3)21-23(2)22-25(27)4/h12-13,21-22H,5-11,14-20H2,1-4H3,(H,28,29)/b13-12-. The average molecular weight is 400 g/mol. The molecule has 1 amide bonds. The predicted molar refractivity (Wildman–Crippen MR) is 129 cm³/mol. The second-order valence-electron chi connectivity index (χ2n) is 8.66. The Morgan fingerprint density at radius 3 is 1.79 bits per heavy atom. The minimum absolute atomic E-state index is 0.151. The third-order valence-corrected chi connectivity index (χ3v) is 5.61. The van der Waals surface area contributed by atoms with Gasteiger partial charge in [0.05, 0.1) is 0 Å². The summed E-state index contributed by atoms with van der Waals surface area (Å²) in [6, 6.07) is 4.26. The van der Waals surface area contributed by atoms with Crippen molar-refractivity contribution < 1.29 is 4.79 Å². The first-order valence-electron chi connectivity index (χ1n) is 12.1. The fourth-order valence-electron chi connectivity index (χ4n) is 3.94. The number of anilines is 1. The normalized spacial score (nSPS) is 11.3. The third kappa shape index (κ3) is 12.6. The molecular formula is C27H45NO. The van der Waals surface area contributed by atoms with E-state index in [4.69, 9.17) is 0 Å². The molecule has 0 aliphatic heterocycles. The third-order valence-electron chi connectivity index (χ3n) is 5.61. The molecule has 164 valence electrons. The Balaban J connectivity index is 1.98. The van der Waals surface area contributed by atoms with E-state index >= 15 is 0 Å². The molecule has 0 bridgehead atoms. The zero-order chi connectivity index (χ0) is 21.3. The van der Waals surface area contributed by atoms with E-state index in [0.717, 1.165) is 29.7 Å². The van der Waals surface area contributed by atoms with E-state index < -0.39 is 0 Å². The average Bonchev–Trinajstić information content (AvgIpc) is 2.67. The van der Waals surface area contributed by atoms with Crippen LogP contribution in [0.2, 0.25) is 0 Å². The van der Waals surface area contributed by atoms with Gasteiger partial charge in [-0.2, -0.15) is 0 Å². The van der Waals surface area contributed by atoms with Gasteiger partial charge in [0.15, 0.2) is 0 Å². The summed E-state index contributed by atoms with van der Waals surface area (Å²) in [5.74, 6) is 0.151. The number of amides is 1. The molecule has 1 N–H and O–H groups in total. The Labute approximate surface area is 180 Å². The highest BCUT2D eigenvalue weighted by Crippen LogP contribution is 2.22. The minimum atomic E-state index is 0.151. The predicted octanol–water partition coefficient (Wildman–Crippen LogP) is 8.59. The number of hydrogen-bond donors (Lipinski definition) is 1. The Kier molecular flexibility index (Phi) is 14.3. The minimum Gasteiger partial charge on any atom is -0.326 e. The Morgan fingerprint density at radius 2 is 1.24 bits per heavy atom. The van der Waals surface area contributed by atoms with Crippen LogP contribution in [0, 0.1) is 20.8 Å². The molecule has 0 aliphatic carbocycles. The number of carbonyl (C=O) groups excluding carboxylic acids is 1. The number of carbonyl (C=O) groups is 1. The molecule has 1 rings (SSSR count). The van der Waals surface area contributed by atoms with Gasteiger partial charge in [-0.25, -0.2) is 0 Å². The summed E-state index contributed by atoms with van der Waals surface area (Å²) in [7, 11) is 0. The van der Waals surface area contributed by atoms with Crippen LogP contribution in [0.15, 0.2) is 24.3 Å². The van der Waals surface area contributed by atoms with Gasteiger partial charge in [0.2, 0.25) is 5.91 Å². The first kappa shape index (κ1) is 25.5. The van der Waals surface area contributed by atoms with E-state index in [9.17, 15) is 4.79 Å². The quantitative estimate of drug-likeness (QED) is 0.219. The lowest BCUT2D eigenvalue weighted by atomic mass is 10.0. The van der Waals surface area contributed by atoms with Crippen molar-refractivity contribution in [3.05, 3.63) is 41.0 Å². The zero-order valence-corrected chi connectivity index (χ0v) is 19.6. The fourth-order valence-corrected chi connectivity index (χ4v) is 3.94. The molecule has 0 fully saturated rings. The fraction of sp³-hybridized carbons (Fsp3) is 0.667. The summed E-state index contributed by atoms with van der Waals surface area (Å²) in [6.45, 7) is 8.50. The number of benzene rings is 1. The van der Waals surface area contributed by atoms with Crippen LogP contribution in [0.5, 0.6) is 0 Å². The molecule has 0 radical (unpaired) electrons. The van der Waals surface area contributed by atoms with Gasteiger partial charge in [-0.05, 0) is 64.0 Å². The van der Waals surface area contributed by atoms with Crippen LogP contribution in [-0.2, 0) is 4.79 Å². The topological polar surface area (TPSA) is 29.1 Å². The largest absolute Gasteiger partial charge is 0.326 e. The van der Waals surface area contributed by atoms with Gasteiger partial charge in [-0.3, -0.25) is 4.79 Å². The summed E-state index contributed by atoms with van der Waals surface area (Å²) in [5.41, 5.74) is 4.55. The van der Waals surface area contributed by atoms with Crippen molar-refractivity contribution >= 4 is 11.6 Å². The van der Waals surface area contributed by atoms with Gasteiger partial charge in [-0.15, -0.1) is 0 Å². The molecular weight excluding hydrogens is 354 g/mol. The lowest BCUT2D eigenvalue weighted by Gasteiger charge is -2.12. The van der Waals surface area contributed by atoms with Crippen LogP contribution in [0.25, 0.3) is 0 Å². The maximum absolute atomic E-state index is 12.2. The van der Waals surface area contributed by atoms with Crippen LogP contribution in [0.1, 0.15) is 114 Å². The first-order chi connectivity index (χ1) is 14.0. The first-order valence-corrected chi connectivity index (χ1v) is 12.1. The second-order valence-corrected chi connectivity index (χ2v) is 8.66. The van der Waals surface area contributed by atoms with Crippen molar-refractivity contribution in [1.82, 2.24) is 0 Å². The van der Waals surface area contributed by atoms with E-state index in [1.54, 1.807) is 0 Å². The number of aryl methyl sites for hydroxylation is 3. The number of unbranched alkanes of at least 4 members (excludes halogenated alkanes) is 11. The summed E-state index contributed by atoms with van der Waals surface area (Å²) >= 11 is 0. The van der Waals surface area contributed by atoms with Gasteiger partial charge in [0.25, 0.3) is 0 Å². The molecule has 1 aromatic carbocycles. The highest BCUT2D eigenvalue weighted by atomic mass is 16.1. The van der Waals surface area contributed by atoms with E-state index in [1.807, 2.05) is 0 Å². The Hall–Kier alpha value is -1.57. The number of nitrogens with one attached hydrogen (secondary N) is 1. The monoisotopic (exact) mass is 399 g/mol. The number of hydrogen-bond acceptors (Lipinski definition) is 1. The van der Waals surface area contributed by atoms with E-state index in [0.29, 0.717) is 6.42 Å². The van der Waals surface area contributed by atoms with Crippen LogP contribution in [0.4, 0.5) is 5.69 Å². The Morgan fingerprint density at radius 1 is 0.759 bits per heavy atom. The molecule has 2 heteroatoms. The van der Waals surface area contributed by atoms with Gasteiger partial charge in [-0.1, -0.05) is 88.1 Å². The SMILES string of the molecule is CCCCCCCC/C=C\CCCCCCCC(=O)Nc1c(C)cc(C)cc1C. The molecule has 0 saturated carbocycles. The summed E-state index contributed by atoms with van der Waals surface area (Å²) < 4.78 is 0. The van der Waals surface area contributed by atoms with Gasteiger partial charge < -0.3 is 5.32 Å². The molecule has 0 aromatic heterocycles. The van der Waals surface area contributed by atoms with E-state index in [2.05, 4.69) is 57.3 Å². The molecule has 0 unspecified atom stereocenters. The number of allylic oxidation sites excluding steroid dienone is 2. The Bertz CT molecular complexity index is 580. The highest BCUT2D eigenvalue weighted by Gasteiger charge is 2.08. The summed E-state index contributed by atoms with van der Waals surface area (Å²) in [5, 5.41) is 3.11. The maximum atomic E-state index is 12.2. The summed E-state index contributed by atoms with van der Waals surface area (Å²) in [4.78, 5) is 12.2. The van der Waals surface area contributed by atoms with E-state index in [-0.39, 0.29) is 5.91 Å². The van der Waals surface area contributed by atoms with Crippen molar-refractivity contribution in [2.45, 2.75) is 118 Å². The summed E-state index contributed by atoms with van der Waals surface area (Å²) in [6.07, 6.45) is 22.1. The van der Waals surface area contributed by atoms with Crippen molar-refractivity contribution in [3.8, 4) is 0 Å². The van der Waals surface area contributed by atoms with Crippen molar-refractivity contribution in [2.24, 2.45) is 0 Å². The van der Waals surface area contributed by atoms with Crippen molar-refractivity contribution in [2.75, 3.05) is 5.32 Å². The zero-order valence-electron chi connectivity index (χ0n) is 19.6. The van der Waals surface area contributed by atoms with Crippen LogP contribution >= 0.6 is 0 Å². The van der Waals surface area contributed by atoms with Crippen LogP contribution in [-0.4, -0.2) is 5.91 Å². The molecule has 0 aliphatic rings. The second kappa shape index (κ2) is 16.3. The highest BCUT2D eigenvalue weighted by molar-refractivity contribution is 5.92. The van der Waals surface area contributed by atoms with Gasteiger partial charge >= 0.3 is 0 Å². The number of rotatable bonds is 16. The van der Waals surface area contributed by atoms with Gasteiger partial charge in [0.1, 0.15) is 0 Å². The van der Waals surface area contributed by atoms with E-state index in [1.165, 1.54) is 76.2 Å². The molecule has 0 saturated heterocycles. The lowest BCUT2D eigenvalue weighted by molar-refractivity contribution is -0.116. The molecule has 29 heavy (non-hydrogen) atoms. The van der Waals surface area contributed by atoms with Crippen LogP contribution in [0.3, 0.4) is 0 Å². The van der Waals surface area contributed by atoms with Crippen LogP contribution < -0.4 is 5.32 Å². The molecule has 0 spiro atoms. The van der Waals surface area contributed by atoms with Gasteiger partial charge in [0, 0.05) is 12.1 Å². The van der Waals surface area contributed by atoms with Crippen molar-refractivity contribution in [1.29, 1.82) is 0 Å². The van der Waals surface area contributed by atoms with Crippen molar-refractivity contribution in [3.63, 3.8) is 0 Å². The molecule has 0 heterocycles. The molecule has 2 nitrogen and oxygen atoms in total. The maximum Gasteiger partial charge on any atom is 0.224 e.